The molecule has 100 valence electrons. The predicted octanol–water partition coefficient (Wildman–Crippen LogP) is 2.50. The minimum absolute atomic E-state index is 0.602. The number of rotatable bonds is 2. The molecule has 0 amide bonds. The summed E-state index contributed by atoms with van der Waals surface area (Å²) in [7, 11) is 2.22. The largest absolute Gasteiger partial charge is 0.399 e. The van der Waals surface area contributed by atoms with Gasteiger partial charge in [0.05, 0.1) is 0 Å². The Morgan fingerprint density at radius 1 is 1.33 bits per heavy atom. The van der Waals surface area contributed by atoms with Crippen LogP contribution in [0, 0.1) is 6.92 Å². The standard InChI is InChI=1S/C15H25N3/c1-5-14-10-17(4)12(3)9-18(14)15-7-6-13(16)8-11(15)2/h6-8,12,14H,5,9-10,16H2,1-4H3. The SMILES string of the molecule is CCC1CN(C)C(C)CN1c1ccc(N)cc1C. The number of piperazine rings is 1. The zero-order valence-corrected chi connectivity index (χ0v) is 12.0. The van der Waals surface area contributed by atoms with Crippen molar-refractivity contribution in [3.63, 3.8) is 0 Å². The molecule has 1 fully saturated rings. The van der Waals surface area contributed by atoms with Crippen LogP contribution in [0.1, 0.15) is 25.8 Å². The van der Waals surface area contributed by atoms with E-state index >= 15 is 0 Å². The van der Waals surface area contributed by atoms with E-state index in [-0.39, 0.29) is 0 Å². The van der Waals surface area contributed by atoms with Gasteiger partial charge >= 0.3 is 0 Å². The highest BCUT2D eigenvalue weighted by atomic mass is 15.3. The van der Waals surface area contributed by atoms with Crippen molar-refractivity contribution in [2.45, 2.75) is 39.3 Å². The minimum Gasteiger partial charge on any atom is -0.399 e. The number of hydrogen-bond donors (Lipinski definition) is 1. The number of benzene rings is 1. The van der Waals surface area contributed by atoms with Crippen LogP contribution < -0.4 is 10.6 Å². The van der Waals surface area contributed by atoms with Crippen molar-refractivity contribution in [2.24, 2.45) is 0 Å². The van der Waals surface area contributed by atoms with E-state index in [0.717, 1.165) is 18.8 Å². The van der Waals surface area contributed by atoms with Gasteiger partial charge in [-0.1, -0.05) is 6.92 Å². The maximum Gasteiger partial charge on any atom is 0.0415 e. The molecule has 2 rings (SSSR count). The lowest BCUT2D eigenvalue weighted by Crippen LogP contribution is -2.56. The monoisotopic (exact) mass is 247 g/mol. The summed E-state index contributed by atoms with van der Waals surface area (Å²) >= 11 is 0. The Labute approximate surface area is 111 Å². The zero-order valence-electron chi connectivity index (χ0n) is 12.0. The summed E-state index contributed by atoms with van der Waals surface area (Å²) in [5, 5.41) is 0. The topological polar surface area (TPSA) is 32.5 Å². The lowest BCUT2D eigenvalue weighted by atomic mass is 10.0. The number of nitrogen functional groups attached to an aromatic ring is 1. The molecule has 1 heterocycles. The molecule has 0 aliphatic carbocycles. The normalized spacial score (nSPS) is 25.4. The van der Waals surface area contributed by atoms with Gasteiger partial charge in [-0.2, -0.15) is 0 Å². The van der Waals surface area contributed by atoms with Crippen LogP contribution in [0.25, 0.3) is 0 Å². The Balaban J connectivity index is 2.29. The molecule has 0 aromatic heterocycles. The molecule has 0 radical (unpaired) electrons. The first-order chi connectivity index (χ1) is 8.52. The summed E-state index contributed by atoms with van der Waals surface area (Å²) in [5.74, 6) is 0. The van der Waals surface area contributed by atoms with Gasteiger partial charge in [0, 0.05) is 36.5 Å². The molecule has 0 spiro atoms. The van der Waals surface area contributed by atoms with Gasteiger partial charge in [-0.3, -0.25) is 4.90 Å². The van der Waals surface area contributed by atoms with E-state index in [4.69, 9.17) is 5.73 Å². The Kier molecular flexibility index (Phi) is 3.81. The highest BCUT2D eigenvalue weighted by Gasteiger charge is 2.29. The lowest BCUT2D eigenvalue weighted by Gasteiger charge is -2.45. The molecule has 1 aliphatic heterocycles. The summed E-state index contributed by atoms with van der Waals surface area (Å²) < 4.78 is 0. The third-order valence-corrected chi connectivity index (χ3v) is 4.15. The Hall–Kier alpha value is -1.22. The lowest BCUT2D eigenvalue weighted by molar-refractivity contribution is 0.197. The Morgan fingerprint density at radius 2 is 2.06 bits per heavy atom. The minimum atomic E-state index is 0.602. The molecule has 18 heavy (non-hydrogen) atoms. The number of anilines is 2. The molecule has 1 aliphatic rings. The first-order valence-electron chi connectivity index (χ1n) is 6.86. The fraction of sp³-hybridized carbons (Fsp3) is 0.600. The second-order valence-corrected chi connectivity index (χ2v) is 5.55. The van der Waals surface area contributed by atoms with Crippen LogP contribution in [0.2, 0.25) is 0 Å². The summed E-state index contributed by atoms with van der Waals surface area (Å²) in [6.07, 6.45) is 1.18. The Bertz CT molecular complexity index is 416. The van der Waals surface area contributed by atoms with Crippen LogP contribution >= 0.6 is 0 Å². The van der Waals surface area contributed by atoms with Gasteiger partial charge in [-0.25, -0.2) is 0 Å². The number of aryl methyl sites for hydroxylation is 1. The average molecular weight is 247 g/mol. The maximum absolute atomic E-state index is 5.85. The van der Waals surface area contributed by atoms with E-state index in [1.54, 1.807) is 0 Å². The molecule has 1 saturated heterocycles. The quantitative estimate of drug-likeness (QED) is 0.815. The van der Waals surface area contributed by atoms with Crippen molar-refractivity contribution in [3.05, 3.63) is 23.8 Å². The molecule has 0 bridgehead atoms. The van der Waals surface area contributed by atoms with E-state index < -0.39 is 0 Å². The smallest absolute Gasteiger partial charge is 0.0415 e. The molecule has 2 atom stereocenters. The van der Waals surface area contributed by atoms with E-state index in [2.05, 4.69) is 49.8 Å². The second kappa shape index (κ2) is 5.19. The average Bonchev–Trinajstić information content (AvgIpc) is 2.32. The number of likely N-dealkylation sites (N-methyl/N-ethyl adjacent to an activating group) is 1. The van der Waals surface area contributed by atoms with Crippen molar-refractivity contribution in [2.75, 3.05) is 30.8 Å². The molecular weight excluding hydrogens is 222 g/mol. The van der Waals surface area contributed by atoms with Crippen molar-refractivity contribution >= 4 is 11.4 Å². The highest BCUT2D eigenvalue weighted by molar-refractivity contribution is 5.60. The van der Waals surface area contributed by atoms with Gasteiger partial charge in [0.2, 0.25) is 0 Å². The van der Waals surface area contributed by atoms with E-state index in [1.807, 2.05) is 6.07 Å². The first-order valence-corrected chi connectivity index (χ1v) is 6.86. The molecule has 2 N–H and O–H groups in total. The molecule has 2 unspecified atom stereocenters. The van der Waals surface area contributed by atoms with Crippen LogP contribution in [0.15, 0.2) is 18.2 Å². The molecule has 3 heteroatoms. The number of nitrogens with zero attached hydrogens (tertiary/aromatic N) is 2. The van der Waals surface area contributed by atoms with Crippen molar-refractivity contribution in [3.8, 4) is 0 Å². The molecule has 3 nitrogen and oxygen atoms in total. The van der Waals surface area contributed by atoms with Gasteiger partial charge in [0.15, 0.2) is 0 Å². The van der Waals surface area contributed by atoms with Crippen LogP contribution in [0.3, 0.4) is 0 Å². The third kappa shape index (κ3) is 2.46. The van der Waals surface area contributed by atoms with E-state index in [1.165, 1.54) is 17.7 Å². The van der Waals surface area contributed by atoms with Gasteiger partial charge in [0.25, 0.3) is 0 Å². The third-order valence-electron chi connectivity index (χ3n) is 4.15. The fourth-order valence-electron chi connectivity index (χ4n) is 2.83. The van der Waals surface area contributed by atoms with Crippen molar-refractivity contribution in [1.82, 2.24) is 4.90 Å². The van der Waals surface area contributed by atoms with Crippen LogP contribution in [-0.2, 0) is 0 Å². The fourth-order valence-corrected chi connectivity index (χ4v) is 2.83. The number of hydrogen-bond acceptors (Lipinski definition) is 3. The predicted molar refractivity (Wildman–Crippen MR) is 79.1 cm³/mol. The molecule has 0 saturated carbocycles. The van der Waals surface area contributed by atoms with E-state index in [0.29, 0.717) is 12.1 Å². The van der Waals surface area contributed by atoms with Crippen molar-refractivity contribution in [1.29, 1.82) is 0 Å². The summed E-state index contributed by atoms with van der Waals surface area (Å²) in [6.45, 7) is 8.96. The molecule has 1 aromatic rings. The maximum atomic E-state index is 5.85. The Morgan fingerprint density at radius 3 is 2.67 bits per heavy atom. The number of nitrogens with two attached hydrogens (primary N) is 1. The van der Waals surface area contributed by atoms with E-state index in [9.17, 15) is 0 Å². The summed E-state index contributed by atoms with van der Waals surface area (Å²) in [4.78, 5) is 5.01. The highest BCUT2D eigenvalue weighted by Crippen LogP contribution is 2.28. The van der Waals surface area contributed by atoms with Crippen molar-refractivity contribution < 1.29 is 0 Å². The van der Waals surface area contributed by atoms with Gasteiger partial charge in [0.1, 0.15) is 0 Å². The van der Waals surface area contributed by atoms with Crippen LogP contribution in [-0.4, -0.2) is 37.1 Å². The zero-order chi connectivity index (χ0) is 13.3. The van der Waals surface area contributed by atoms with Gasteiger partial charge < -0.3 is 10.6 Å². The summed E-state index contributed by atoms with van der Waals surface area (Å²) in [6, 6.07) is 7.47. The van der Waals surface area contributed by atoms with Crippen LogP contribution in [0.5, 0.6) is 0 Å². The second-order valence-electron chi connectivity index (χ2n) is 5.55. The van der Waals surface area contributed by atoms with Gasteiger partial charge in [-0.15, -0.1) is 0 Å². The summed E-state index contributed by atoms with van der Waals surface area (Å²) in [5.41, 5.74) is 9.33. The molecule has 1 aromatic carbocycles. The molecular formula is C15H25N3. The van der Waals surface area contributed by atoms with Crippen LogP contribution in [0.4, 0.5) is 11.4 Å². The van der Waals surface area contributed by atoms with Gasteiger partial charge in [-0.05, 0) is 51.1 Å². The first kappa shape index (κ1) is 13.2.